The molecule has 0 amide bonds. The molecule has 0 saturated carbocycles. The van der Waals surface area contributed by atoms with Crippen LogP contribution in [-0.2, 0) is 6.42 Å². The highest BCUT2D eigenvalue weighted by molar-refractivity contribution is 5.84. The topological polar surface area (TPSA) is 38.9 Å². The second kappa shape index (κ2) is 4.46. The van der Waals surface area contributed by atoms with Gasteiger partial charge in [-0.15, -0.1) is 0 Å². The van der Waals surface area contributed by atoms with Gasteiger partial charge in [-0.05, 0) is 36.8 Å². The molecular weight excluding hydrogens is 208 g/mol. The Morgan fingerprint density at radius 2 is 1.94 bits per heavy atom. The van der Waals surface area contributed by atoms with Gasteiger partial charge in [0.15, 0.2) is 0 Å². The van der Waals surface area contributed by atoms with Crippen molar-refractivity contribution in [3.05, 3.63) is 41.7 Å². The normalized spacial score (nSPS) is 12.0. The third-order valence-corrected chi connectivity index (χ3v) is 3.15. The van der Waals surface area contributed by atoms with E-state index in [1.54, 1.807) is 0 Å². The van der Waals surface area contributed by atoms with Crippen molar-refractivity contribution >= 4 is 10.8 Å². The molecule has 0 aliphatic rings. The Balaban J connectivity index is 2.53. The third kappa shape index (κ3) is 2.64. The lowest BCUT2D eigenvalue weighted by molar-refractivity contribution is 0.374. The largest absolute Gasteiger partial charge is 0.330 e. The molecular formula is C15H20N2. The molecule has 0 radical (unpaired) electrons. The summed E-state index contributed by atoms with van der Waals surface area (Å²) < 4.78 is 0. The third-order valence-electron chi connectivity index (χ3n) is 3.15. The van der Waals surface area contributed by atoms with Crippen LogP contribution in [0.3, 0.4) is 0 Å². The van der Waals surface area contributed by atoms with Gasteiger partial charge in [0, 0.05) is 16.8 Å². The van der Waals surface area contributed by atoms with Gasteiger partial charge in [0.25, 0.3) is 0 Å². The molecule has 0 atom stereocenters. The zero-order valence-corrected chi connectivity index (χ0v) is 10.8. The number of nitrogens with two attached hydrogens (primary N) is 1. The number of benzene rings is 1. The second-order valence-corrected chi connectivity index (χ2v) is 5.48. The summed E-state index contributed by atoms with van der Waals surface area (Å²) in [6.07, 6.45) is 0.922. The van der Waals surface area contributed by atoms with Crippen molar-refractivity contribution in [1.82, 2.24) is 4.98 Å². The lowest BCUT2D eigenvalue weighted by atomic mass is 9.86. The van der Waals surface area contributed by atoms with Crippen LogP contribution in [0, 0.1) is 12.3 Å². The van der Waals surface area contributed by atoms with Gasteiger partial charge < -0.3 is 5.73 Å². The fourth-order valence-electron chi connectivity index (χ4n) is 2.08. The van der Waals surface area contributed by atoms with Crippen molar-refractivity contribution in [2.75, 3.05) is 6.54 Å². The Labute approximate surface area is 103 Å². The summed E-state index contributed by atoms with van der Waals surface area (Å²) in [5, 5.41) is 2.52. The minimum Gasteiger partial charge on any atom is -0.330 e. The quantitative estimate of drug-likeness (QED) is 0.876. The Bertz CT molecular complexity index is 529. The molecule has 0 aliphatic carbocycles. The average Bonchev–Trinajstić information content (AvgIpc) is 2.28. The Morgan fingerprint density at radius 1 is 1.24 bits per heavy atom. The molecule has 2 N–H and O–H groups in total. The van der Waals surface area contributed by atoms with Gasteiger partial charge in [-0.3, -0.25) is 4.98 Å². The Kier molecular flexibility index (Phi) is 3.16. The molecule has 17 heavy (non-hydrogen) atoms. The van der Waals surface area contributed by atoms with Gasteiger partial charge in [-0.1, -0.05) is 38.1 Å². The first-order valence-corrected chi connectivity index (χ1v) is 6.07. The number of nitrogens with zero attached hydrogens (tertiary/aromatic N) is 1. The minimum absolute atomic E-state index is 0.101. The number of pyridine rings is 1. The number of hydrogen-bond acceptors (Lipinski definition) is 2. The van der Waals surface area contributed by atoms with Crippen molar-refractivity contribution in [2.45, 2.75) is 27.2 Å². The summed E-state index contributed by atoms with van der Waals surface area (Å²) in [6.45, 7) is 7.10. The zero-order chi connectivity index (χ0) is 12.5. The standard InChI is InChI=1S/C15H20N2/c1-11-8-12-6-4-5-7-13(12)14(17-11)9-15(2,3)10-16/h4-8H,9-10,16H2,1-3H3. The molecule has 2 aromatic rings. The number of hydrogen-bond donors (Lipinski definition) is 1. The van der Waals surface area contributed by atoms with E-state index in [0.717, 1.165) is 17.8 Å². The van der Waals surface area contributed by atoms with Crippen LogP contribution in [0.5, 0.6) is 0 Å². The highest BCUT2D eigenvalue weighted by atomic mass is 14.7. The molecule has 0 unspecified atom stereocenters. The molecule has 90 valence electrons. The summed E-state index contributed by atoms with van der Waals surface area (Å²) in [4.78, 5) is 4.68. The fraction of sp³-hybridized carbons (Fsp3) is 0.400. The van der Waals surface area contributed by atoms with Crippen molar-refractivity contribution in [3.63, 3.8) is 0 Å². The lowest BCUT2D eigenvalue weighted by Crippen LogP contribution is -2.26. The van der Waals surface area contributed by atoms with E-state index in [4.69, 9.17) is 5.73 Å². The van der Waals surface area contributed by atoms with Gasteiger partial charge in [0.05, 0.1) is 0 Å². The maximum atomic E-state index is 5.81. The highest BCUT2D eigenvalue weighted by Crippen LogP contribution is 2.25. The summed E-state index contributed by atoms with van der Waals surface area (Å²) in [6, 6.07) is 10.6. The average molecular weight is 228 g/mol. The van der Waals surface area contributed by atoms with E-state index in [0.29, 0.717) is 6.54 Å². The van der Waals surface area contributed by atoms with E-state index < -0.39 is 0 Å². The predicted octanol–water partition coefficient (Wildman–Crippen LogP) is 3.07. The van der Waals surface area contributed by atoms with Crippen LogP contribution in [0.25, 0.3) is 10.8 Å². The van der Waals surface area contributed by atoms with Crippen LogP contribution in [-0.4, -0.2) is 11.5 Å². The molecule has 1 aromatic heterocycles. The highest BCUT2D eigenvalue weighted by Gasteiger charge is 2.18. The number of fused-ring (bicyclic) bond motifs is 1. The second-order valence-electron chi connectivity index (χ2n) is 5.48. The minimum atomic E-state index is 0.101. The molecule has 0 aliphatic heterocycles. The van der Waals surface area contributed by atoms with Crippen LogP contribution in [0.15, 0.2) is 30.3 Å². The van der Waals surface area contributed by atoms with Crippen LogP contribution in [0.2, 0.25) is 0 Å². The van der Waals surface area contributed by atoms with E-state index in [2.05, 4.69) is 49.2 Å². The summed E-state index contributed by atoms with van der Waals surface area (Å²) >= 11 is 0. The number of aromatic nitrogens is 1. The molecule has 0 saturated heterocycles. The molecule has 0 fully saturated rings. The molecule has 0 spiro atoms. The van der Waals surface area contributed by atoms with Crippen LogP contribution in [0.1, 0.15) is 25.2 Å². The Morgan fingerprint density at radius 3 is 2.65 bits per heavy atom. The lowest BCUT2D eigenvalue weighted by Gasteiger charge is -2.22. The summed E-state index contributed by atoms with van der Waals surface area (Å²) in [5.74, 6) is 0. The number of aryl methyl sites for hydroxylation is 1. The van der Waals surface area contributed by atoms with E-state index in [9.17, 15) is 0 Å². The van der Waals surface area contributed by atoms with Crippen molar-refractivity contribution in [1.29, 1.82) is 0 Å². The molecule has 2 nitrogen and oxygen atoms in total. The monoisotopic (exact) mass is 228 g/mol. The predicted molar refractivity (Wildman–Crippen MR) is 73.0 cm³/mol. The maximum absolute atomic E-state index is 5.81. The first-order chi connectivity index (χ1) is 8.02. The van der Waals surface area contributed by atoms with Crippen LogP contribution >= 0.6 is 0 Å². The summed E-state index contributed by atoms with van der Waals surface area (Å²) in [5.41, 5.74) is 8.15. The van der Waals surface area contributed by atoms with Gasteiger partial charge in [0.1, 0.15) is 0 Å². The maximum Gasteiger partial charge on any atom is 0.0490 e. The molecule has 0 bridgehead atoms. The smallest absolute Gasteiger partial charge is 0.0490 e. The van der Waals surface area contributed by atoms with Crippen LogP contribution in [0.4, 0.5) is 0 Å². The zero-order valence-electron chi connectivity index (χ0n) is 10.8. The first kappa shape index (κ1) is 12.1. The van der Waals surface area contributed by atoms with Crippen molar-refractivity contribution < 1.29 is 0 Å². The molecule has 2 rings (SSSR count). The molecule has 2 heteroatoms. The van der Waals surface area contributed by atoms with Crippen molar-refractivity contribution in [3.8, 4) is 0 Å². The van der Waals surface area contributed by atoms with Crippen molar-refractivity contribution in [2.24, 2.45) is 11.1 Å². The first-order valence-electron chi connectivity index (χ1n) is 6.07. The molecule has 1 heterocycles. The number of rotatable bonds is 3. The van der Waals surface area contributed by atoms with E-state index >= 15 is 0 Å². The molecule has 1 aromatic carbocycles. The Hall–Kier alpha value is -1.41. The van der Waals surface area contributed by atoms with E-state index in [1.165, 1.54) is 10.8 Å². The van der Waals surface area contributed by atoms with Gasteiger partial charge >= 0.3 is 0 Å². The van der Waals surface area contributed by atoms with E-state index in [-0.39, 0.29) is 5.41 Å². The van der Waals surface area contributed by atoms with Gasteiger partial charge in [0.2, 0.25) is 0 Å². The van der Waals surface area contributed by atoms with Gasteiger partial charge in [-0.25, -0.2) is 0 Å². The van der Waals surface area contributed by atoms with Crippen LogP contribution < -0.4 is 5.73 Å². The summed E-state index contributed by atoms with van der Waals surface area (Å²) in [7, 11) is 0. The van der Waals surface area contributed by atoms with E-state index in [1.807, 2.05) is 6.92 Å². The fourth-order valence-corrected chi connectivity index (χ4v) is 2.08. The van der Waals surface area contributed by atoms with Gasteiger partial charge in [-0.2, -0.15) is 0 Å². The SMILES string of the molecule is Cc1cc2ccccc2c(CC(C)(C)CN)n1.